The first-order chi connectivity index (χ1) is 15.0. The molecule has 0 saturated heterocycles. The number of aromatic hydroxyl groups is 1. The number of fused-ring (bicyclic) bond motifs is 1. The van der Waals surface area contributed by atoms with E-state index in [1.165, 1.54) is 0 Å². The highest BCUT2D eigenvalue weighted by Gasteiger charge is 2.30. The number of carbonyl (C=O) groups excluding carboxylic acids is 1. The molecule has 178 valence electrons. The Morgan fingerprint density at radius 1 is 1.06 bits per heavy atom. The second-order valence-corrected chi connectivity index (χ2v) is 12.5. The zero-order valence-electron chi connectivity index (χ0n) is 20.3. The number of nitrogens with zero attached hydrogens (tertiary/aromatic N) is 1. The molecule has 0 bridgehead atoms. The monoisotopic (exact) mass is 471 g/mol. The van der Waals surface area contributed by atoms with Gasteiger partial charge in [-0.2, -0.15) is 0 Å². The van der Waals surface area contributed by atoms with Crippen LogP contribution in [-0.2, 0) is 27.4 Å². The lowest BCUT2D eigenvalue weighted by atomic mass is 9.78. The zero-order chi connectivity index (χ0) is 24.9. The quantitative estimate of drug-likeness (QED) is 0.561. The van der Waals surface area contributed by atoms with E-state index in [0.717, 1.165) is 22.9 Å². The van der Waals surface area contributed by atoms with Crippen LogP contribution >= 0.6 is 0 Å². The topological polar surface area (TPSA) is 111 Å². The summed E-state index contributed by atoms with van der Waals surface area (Å²) in [6.07, 6.45) is 1.09. The minimum Gasteiger partial charge on any atom is -0.507 e. The van der Waals surface area contributed by atoms with Crippen molar-refractivity contribution in [1.29, 1.82) is 5.41 Å². The van der Waals surface area contributed by atoms with Crippen LogP contribution in [0.5, 0.6) is 5.75 Å². The summed E-state index contributed by atoms with van der Waals surface area (Å²) in [5.74, 6) is 0.312. The molecule has 0 radical (unpaired) electrons. The van der Waals surface area contributed by atoms with Gasteiger partial charge in [-0.05, 0) is 46.7 Å². The fourth-order valence-electron chi connectivity index (χ4n) is 4.03. The van der Waals surface area contributed by atoms with Crippen molar-refractivity contribution < 1.29 is 18.3 Å². The molecule has 3 N–H and O–H groups in total. The number of anilines is 1. The van der Waals surface area contributed by atoms with E-state index in [9.17, 15) is 18.3 Å². The van der Waals surface area contributed by atoms with Crippen molar-refractivity contribution in [2.75, 3.05) is 17.5 Å². The summed E-state index contributed by atoms with van der Waals surface area (Å²) in [6, 6.07) is 8.53. The molecular formula is C25H33N3O4S. The molecule has 8 heteroatoms. The predicted octanol–water partition coefficient (Wildman–Crippen LogP) is 4.38. The Kier molecular flexibility index (Phi) is 6.13. The van der Waals surface area contributed by atoms with Crippen LogP contribution in [0.3, 0.4) is 0 Å². The van der Waals surface area contributed by atoms with Crippen LogP contribution in [-0.4, -0.2) is 42.8 Å². The summed E-state index contributed by atoms with van der Waals surface area (Å²) < 4.78 is 25.5. The van der Waals surface area contributed by atoms with E-state index in [2.05, 4.69) is 4.72 Å². The highest BCUT2D eigenvalue weighted by Crippen LogP contribution is 2.40. The van der Waals surface area contributed by atoms with Crippen molar-refractivity contribution in [2.24, 2.45) is 0 Å². The number of phenols is 1. The van der Waals surface area contributed by atoms with Gasteiger partial charge in [0, 0.05) is 34.5 Å². The van der Waals surface area contributed by atoms with Crippen LogP contribution < -0.4 is 4.72 Å². The Labute approximate surface area is 196 Å². The van der Waals surface area contributed by atoms with Crippen molar-refractivity contribution in [3.8, 4) is 5.75 Å². The van der Waals surface area contributed by atoms with Gasteiger partial charge in [-0.15, -0.1) is 0 Å². The van der Waals surface area contributed by atoms with Crippen LogP contribution in [0.15, 0.2) is 30.3 Å². The zero-order valence-corrected chi connectivity index (χ0v) is 21.1. The Morgan fingerprint density at radius 3 is 2.09 bits per heavy atom. The van der Waals surface area contributed by atoms with Gasteiger partial charge in [-0.1, -0.05) is 41.5 Å². The Bertz CT molecular complexity index is 1200. The van der Waals surface area contributed by atoms with E-state index in [0.29, 0.717) is 23.4 Å². The molecule has 33 heavy (non-hydrogen) atoms. The van der Waals surface area contributed by atoms with Crippen molar-refractivity contribution in [3.05, 3.63) is 58.1 Å². The molecule has 1 aliphatic rings. The summed E-state index contributed by atoms with van der Waals surface area (Å²) in [7, 11) is -3.40. The first kappa shape index (κ1) is 24.8. The molecule has 3 rings (SSSR count). The Balaban J connectivity index is 1.90. The van der Waals surface area contributed by atoms with Crippen LogP contribution in [0.25, 0.3) is 0 Å². The van der Waals surface area contributed by atoms with Gasteiger partial charge in [0.15, 0.2) is 5.78 Å². The highest BCUT2D eigenvalue weighted by atomic mass is 32.2. The first-order valence-corrected chi connectivity index (χ1v) is 12.7. The first-order valence-electron chi connectivity index (χ1n) is 10.8. The lowest BCUT2D eigenvalue weighted by Crippen LogP contribution is -2.30. The Hall–Kier alpha value is -2.87. The lowest BCUT2D eigenvalue weighted by molar-refractivity contribution is 0.0962. The second kappa shape index (κ2) is 8.17. The van der Waals surface area contributed by atoms with E-state index >= 15 is 0 Å². The molecule has 1 aliphatic heterocycles. The fraction of sp³-hybridized carbons (Fsp3) is 0.440. The third kappa shape index (κ3) is 5.38. The third-order valence-corrected chi connectivity index (χ3v) is 6.33. The highest BCUT2D eigenvalue weighted by molar-refractivity contribution is 7.92. The van der Waals surface area contributed by atoms with Crippen molar-refractivity contribution in [1.82, 2.24) is 4.90 Å². The third-order valence-electron chi connectivity index (χ3n) is 5.72. The number of nitrogens with one attached hydrogen (secondary N) is 2. The summed E-state index contributed by atoms with van der Waals surface area (Å²) in [5, 5.41) is 19.4. The molecule has 0 unspecified atom stereocenters. The van der Waals surface area contributed by atoms with Crippen molar-refractivity contribution in [2.45, 2.75) is 58.9 Å². The summed E-state index contributed by atoms with van der Waals surface area (Å²) in [4.78, 5) is 15.0. The van der Waals surface area contributed by atoms with E-state index in [1.807, 2.05) is 41.5 Å². The largest absolute Gasteiger partial charge is 0.507 e. The molecule has 1 heterocycles. The van der Waals surface area contributed by atoms with Gasteiger partial charge in [0.05, 0.1) is 12.8 Å². The maximum atomic E-state index is 13.3. The van der Waals surface area contributed by atoms with E-state index in [4.69, 9.17) is 5.41 Å². The Morgan fingerprint density at radius 2 is 1.61 bits per heavy atom. The van der Waals surface area contributed by atoms with Crippen LogP contribution in [0.1, 0.15) is 74.2 Å². The van der Waals surface area contributed by atoms with Gasteiger partial charge in [-0.25, -0.2) is 8.42 Å². The number of Topliss-reactive ketones (excluding diaryl/α,β-unsaturated/α-hetero) is 1. The van der Waals surface area contributed by atoms with Gasteiger partial charge in [-0.3, -0.25) is 14.9 Å². The molecule has 0 fully saturated rings. The standard InChI is InChI=1S/C25H33N3O4S/c1-24(2,3)19-11-15(12-20(22(19)30)25(4,5)6)21(29)14-28-13-16-10-17(27-33(7,31)32)8-9-18(16)23(28)26/h8-12,26-27,30H,13-14H2,1-7H3. The van der Waals surface area contributed by atoms with Gasteiger partial charge in [0.2, 0.25) is 10.0 Å². The molecule has 0 spiro atoms. The molecule has 0 atom stereocenters. The summed E-state index contributed by atoms with van der Waals surface area (Å²) in [5.41, 5.74) is 3.14. The summed E-state index contributed by atoms with van der Waals surface area (Å²) in [6.45, 7) is 12.3. The smallest absolute Gasteiger partial charge is 0.229 e. The maximum Gasteiger partial charge on any atom is 0.229 e. The van der Waals surface area contributed by atoms with E-state index in [1.54, 1.807) is 35.2 Å². The minimum absolute atomic E-state index is 0.0142. The van der Waals surface area contributed by atoms with Gasteiger partial charge in [0.25, 0.3) is 0 Å². The van der Waals surface area contributed by atoms with Gasteiger partial charge >= 0.3 is 0 Å². The number of hydrogen-bond donors (Lipinski definition) is 3. The van der Waals surface area contributed by atoms with Crippen LogP contribution in [0.4, 0.5) is 5.69 Å². The van der Waals surface area contributed by atoms with E-state index < -0.39 is 10.0 Å². The number of sulfonamides is 1. The van der Waals surface area contributed by atoms with Gasteiger partial charge in [0.1, 0.15) is 11.6 Å². The maximum absolute atomic E-state index is 13.3. The molecule has 0 aliphatic carbocycles. The molecule has 2 aromatic rings. The normalized spacial score (nSPS) is 14.4. The SMILES string of the molecule is CC(C)(C)c1cc(C(=O)CN2Cc3cc(NS(C)(=O)=O)ccc3C2=N)cc(C(C)(C)C)c1O. The second-order valence-electron chi connectivity index (χ2n) is 10.8. The average molecular weight is 472 g/mol. The van der Waals surface area contributed by atoms with Crippen LogP contribution in [0, 0.1) is 5.41 Å². The molecule has 7 nitrogen and oxygen atoms in total. The van der Waals surface area contributed by atoms with Crippen molar-refractivity contribution in [3.63, 3.8) is 0 Å². The number of rotatable bonds is 5. The number of amidine groups is 1. The number of carbonyl (C=O) groups is 1. The fourth-order valence-corrected chi connectivity index (χ4v) is 4.58. The lowest BCUT2D eigenvalue weighted by Gasteiger charge is -2.28. The summed E-state index contributed by atoms with van der Waals surface area (Å²) >= 11 is 0. The molecule has 2 aromatic carbocycles. The predicted molar refractivity (Wildman–Crippen MR) is 132 cm³/mol. The van der Waals surface area contributed by atoms with E-state index in [-0.39, 0.29) is 34.7 Å². The molecular weight excluding hydrogens is 438 g/mol. The number of hydrogen-bond acceptors (Lipinski definition) is 5. The van der Waals surface area contributed by atoms with Crippen LogP contribution in [0.2, 0.25) is 0 Å². The minimum atomic E-state index is -3.40. The number of benzene rings is 2. The average Bonchev–Trinajstić information content (AvgIpc) is 2.93. The molecule has 0 aromatic heterocycles. The number of ketones is 1. The number of phenolic OH excluding ortho intramolecular Hbond substituents is 1. The van der Waals surface area contributed by atoms with Gasteiger partial charge < -0.3 is 10.0 Å². The molecule has 0 saturated carbocycles. The molecule has 0 amide bonds. The van der Waals surface area contributed by atoms with Crippen molar-refractivity contribution >= 4 is 27.3 Å².